The zero-order valence-electron chi connectivity index (χ0n) is 16.3. The van der Waals surface area contributed by atoms with Crippen LogP contribution >= 0.6 is 11.8 Å². The number of thioether (sulfide) groups is 1. The van der Waals surface area contributed by atoms with Gasteiger partial charge in [0.05, 0.1) is 5.75 Å². The topological polar surface area (TPSA) is 84.0 Å². The molecule has 6 nitrogen and oxygen atoms in total. The normalized spacial score (nSPS) is 10.4. The third kappa shape index (κ3) is 6.43. The molecule has 0 saturated carbocycles. The van der Waals surface area contributed by atoms with Gasteiger partial charge in [-0.1, -0.05) is 41.6 Å². The molecule has 3 aromatic rings. The Bertz CT molecular complexity index is 971. The number of ketones is 1. The van der Waals surface area contributed by atoms with Crippen molar-refractivity contribution < 1.29 is 9.59 Å². The minimum absolute atomic E-state index is 0.00573. The highest BCUT2D eigenvalue weighted by atomic mass is 32.2. The third-order valence-corrected chi connectivity index (χ3v) is 5.08. The van der Waals surface area contributed by atoms with Gasteiger partial charge in [0.15, 0.2) is 5.78 Å². The van der Waals surface area contributed by atoms with E-state index in [1.807, 2.05) is 12.1 Å². The summed E-state index contributed by atoms with van der Waals surface area (Å²) in [5.74, 6) is 0.756. The van der Waals surface area contributed by atoms with Gasteiger partial charge >= 0.3 is 0 Å². The molecule has 0 atom stereocenters. The van der Waals surface area contributed by atoms with Gasteiger partial charge in [0.2, 0.25) is 5.91 Å². The molecule has 0 spiro atoms. The maximum Gasteiger partial charge on any atom is 0.234 e. The zero-order chi connectivity index (χ0) is 20.6. The first-order valence-corrected chi connectivity index (χ1v) is 10.1. The number of anilines is 2. The number of nitrogens with one attached hydrogen (secondary N) is 2. The quantitative estimate of drug-likeness (QED) is 0.428. The van der Waals surface area contributed by atoms with Crippen LogP contribution in [0.4, 0.5) is 11.5 Å². The minimum Gasteiger partial charge on any atom is -0.365 e. The zero-order valence-corrected chi connectivity index (χ0v) is 17.1. The lowest BCUT2D eigenvalue weighted by atomic mass is 10.1. The molecule has 0 saturated heterocycles. The van der Waals surface area contributed by atoms with Crippen molar-refractivity contribution in [2.24, 2.45) is 0 Å². The summed E-state index contributed by atoms with van der Waals surface area (Å²) in [5.41, 5.74) is 3.67. The van der Waals surface area contributed by atoms with Gasteiger partial charge in [-0.3, -0.25) is 9.59 Å². The fraction of sp³-hybridized carbons (Fsp3) is 0.182. The van der Waals surface area contributed by atoms with Crippen molar-refractivity contribution >= 4 is 35.0 Å². The summed E-state index contributed by atoms with van der Waals surface area (Å²) in [6.07, 6.45) is 0. The second-order valence-corrected chi connectivity index (χ2v) is 7.56. The van der Waals surface area contributed by atoms with Crippen LogP contribution in [-0.4, -0.2) is 27.6 Å². The van der Waals surface area contributed by atoms with Gasteiger partial charge in [0.1, 0.15) is 10.8 Å². The number of nitrogens with zero attached hydrogens (tertiary/aromatic N) is 2. The molecular weight excluding hydrogens is 384 g/mol. The maximum absolute atomic E-state index is 12.1. The van der Waals surface area contributed by atoms with Crippen molar-refractivity contribution in [3.63, 3.8) is 0 Å². The lowest BCUT2D eigenvalue weighted by Crippen LogP contribution is -2.14. The number of Topliss-reactive ketones (excluding diaryl/α,β-unsaturated/α-hetero) is 1. The molecule has 1 amide bonds. The van der Waals surface area contributed by atoms with E-state index in [-0.39, 0.29) is 17.4 Å². The Morgan fingerprint density at radius 3 is 2.28 bits per heavy atom. The Morgan fingerprint density at radius 1 is 0.931 bits per heavy atom. The molecule has 0 radical (unpaired) electrons. The summed E-state index contributed by atoms with van der Waals surface area (Å²) in [6, 6.07) is 18.8. The van der Waals surface area contributed by atoms with E-state index in [2.05, 4.69) is 52.0 Å². The van der Waals surface area contributed by atoms with E-state index in [4.69, 9.17) is 0 Å². The summed E-state index contributed by atoms with van der Waals surface area (Å²) in [6.45, 7) is 4.24. The summed E-state index contributed by atoms with van der Waals surface area (Å²) in [4.78, 5) is 23.4. The monoisotopic (exact) mass is 406 g/mol. The molecule has 3 rings (SSSR count). The molecule has 29 heavy (non-hydrogen) atoms. The molecule has 2 N–H and O–H groups in total. The van der Waals surface area contributed by atoms with Crippen LogP contribution in [-0.2, 0) is 11.3 Å². The van der Waals surface area contributed by atoms with Crippen LogP contribution in [0.3, 0.4) is 0 Å². The van der Waals surface area contributed by atoms with E-state index in [0.29, 0.717) is 28.6 Å². The van der Waals surface area contributed by atoms with E-state index in [9.17, 15) is 9.59 Å². The average molecular weight is 407 g/mol. The van der Waals surface area contributed by atoms with Gasteiger partial charge < -0.3 is 10.6 Å². The van der Waals surface area contributed by atoms with Crippen LogP contribution in [0.5, 0.6) is 0 Å². The summed E-state index contributed by atoms with van der Waals surface area (Å²) >= 11 is 1.31. The van der Waals surface area contributed by atoms with E-state index in [1.165, 1.54) is 29.8 Å². The Balaban J connectivity index is 1.44. The molecule has 0 aliphatic heterocycles. The summed E-state index contributed by atoms with van der Waals surface area (Å²) in [7, 11) is 0. The molecule has 2 aromatic carbocycles. The highest BCUT2D eigenvalue weighted by Crippen LogP contribution is 2.17. The second-order valence-electron chi connectivity index (χ2n) is 6.57. The third-order valence-electron chi connectivity index (χ3n) is 4.16. The molecule has 1 aromatic heterocycles. The number of hydrogen-bond donors (Lipinski definition) is 2. The highest BCUT2D eigenvalue weighted by molar-refractivity contribution is 7.99. The van der Waals surface area contributed by atoms with Gasteiger partial charge in [0, 0.05) is 17.8 Å². The SMILES string of the molecule is CC(=O)c1ccc(NC(=O)CSc2ccc(NCc3ccc(C)cc3)nn2)cc1. The molecule has 0 aliphatic carbocycles. The highest BCUT2D eigenvalue weighted by Gasteiger charge is 2.06. The fourth-order valence-electron chi connectivity index (χ4n) is 2.51. The number of aromatic nitrogens is 2. The van der Waals surface area contributed by atoms with Gasteiger partial charge in [-0.25, -0.2) is 0 Å². The molecule has 0 bridgehead atoms. The Hall–Kier alpha value is -3.19. The van der Waals surface area contributed by atoms with Crippen molar-refractivity contribution in [2.75, 3.05) is 16.4 Å². The van der Waals surface area contributed by atoms with Crippen molar-refractivity contribution in [2.45, 2.75) is 25.4 Å². The number of amides is 1. The number of carbonyl (C=O) groups excluding carboxylic acids is 2. The van der Waals surface area contributed by atoms with Crippen LogP contribution in [0.1, 0.15) is 28.4 Å². The molecule has 0 aliphatic rings. The molecule has 148 valence electrons. The first-order chi connectivity index (χ1) is 14.0. The maximum atomic E-state index is 12.1. The average Bonchev–Trinajstić information content (AvgIpc) is 2.73. The summed E-state index contributed by atoms with van der Waals surface area (Å²) < 4.78 is 0. The molecule has 0 fully saturated rings. The lowest BCUT2D eigenvalue weighted by molar-refractivity contribution is -0.113. The van der Waals surface area contributed by atoms with E-state index in [0.717, 1.165) is 0 Å². The first-order valence-electron chi connectivity index (χ1n) is 9.16. The van der Waals surface area contributed by atoms with E-state index < -0.39 is 0 Å². The van der Waals surface area contributed by atoms with Crippen LogP contribution in [0.2, 0.25) is 0 Å². The first kappa shape index (κ1) is 20.5. The molecule has 0 unspecified atom stereocenters. The molecule has 7 heteroatoms. The second kappa shape index (κ2) is 9.84. The van der Waals surface area contributed by atoms with Gasteiger partial charge in [0.25, 0.3) is 0 Å². The number of benzene rings is 2. The van der Waals surface area contributed by atoms with Crippen LogP contribution in [0.25, 0.3) is 0 Å². The van der Waals surface area contributed by atoms with E-state index in [1.54, 1.807) is 24.3 Å². The number of aryl methyl sites for hydroxylation is 1. The minimum atomic E-state index is -0.144. The van der Waals surface area contributed by atoms with Crippen molar-refractivity contribution in [1.82, 2.24) is 10.2 Å². The van der Waals surface area contributed by atoms with Crippen molar-refractivity contribution in [3.05, 3.63) is 77.4 Å². The predicted molar refractivity (Wildman–Crippen MR) is 116 cm³/mol. The van der Waals surface area contributed by atoms with Crippen molar-refractivity contribution in [1.29, 1.82) is 0 Å². The van der Waals surface area contributed by atoms with Crippen molar-refractivity contribution in [3.8, 4) is 0 Å². The van der Waals surface area contributed by atoms with Gasteiger partial charge in [-0.05, 0) is 55.8 Å². The van der Waals surface area contributed by atoms with Crippen LogP contribution < -0.4 is 10.6 Å². The smallest absolute Gasteiger partial charge is 0.234 e. The summed E-state index contributed by atoms with van der Waals surface area (Å²) in [5, 5.41) is 15.0. The number of hydrogen-bond acceptors (Lipinski definition) is 6. The number of carbonyl (C=O) groups is 2. The largest absolute Gasteiger partial charge is 0.365 e. The van der Waals surface area contributed by atoms with Crippen LogP contribution in [0, 0.1) is 6.92 Å². The number of rotatable bonds is 8. The Labute approximate surface area is 174 Å². The predicted octanol–water partition coefficient (Wildman–Crippen LogP) is 4.33. The molecular formula is C22H22N4O2S. The molecule has 1 heterocycles. The lowest BCUT2D eigenvalue weighted by Gasteiger charge is -2.07. The van der Waals surface area contributed by atoms with Gasteiger partial charge in [-0.2, -0.15) is 0 Å². The van der Waals surface area contributed by atoms with Gasteiger partial charge in [-0.15, -0.1) is 10.2 Å². The Kier molecular flexibility index (Phi) is 6.97. The standard InChI is InChI=1S/C22H22N4O2S/c1-15-3-5-17(6-4-15)13-23-20-11-12-22(26-25-20)29-14-21(28)24-19-9-7-18(8-10-19)16(2)27/h3-12H,13-14H2,1-2H3,(H,23,25)(H,24,28). The van der Waals surface area contributed by atoms with Crippen LogP contribution in [0.15, 0.2) is 65.7 Å². The Morgan fingerprint density at radius 2 is 1.66 bits per heavy atom. The fourth-order valence-corrected chi connectivity index (χ4v) is 3.13. The van der Waals surface area contributed by atoms with E-state index >= 15 is 0 Å².